The highest BCUT2D eigenvalue weighted by atomic mass is 16.5. The van der Waals surface area contributed by atoms with E-state index in [1.165, 1.54) is 13.4 Å². The molecule has 2 rings (SSSR count). The Kier molecular flexibility index (Phi) is 3.40. The van der Waals surface area contributed by atoms with Crippen molar-refractivity contribution in [2.24, 2.45) is 0 Å². The molecule has 2 heterocycles. The Morgan fingerprint density at radius 1 is 1.50 bits per heavy atom. The fourth-order valence-electron chi connectivity index (χ4n) is 1.59. The fraction of sp³-hybridized carbons (Fsp3) is 0.600. The number of methoxy groups -OCH3 is 1. The number of aromatic nitrogens is 2. The van der Waals surface area contributed by atoms with Crippen LogP contribution in [0.4, 0.5) is 5.69 Å². The minimum absolute atomic E-state index is 0.139. The Balaban J connectivity index is 1.97. The second-order valence-corrected chi connectivity index (χ2v) is 3.55. The summed E-state index contributed by atoms with van der Waals surface area (Å²) in [6.45, 7) is 1.26. The topological polar surface area (TPSA) is 79.5 Å². The average molecular weight is 225 g/mol. The molecule has 1 aromatic rings. The van der Waals surface area contributed by atoms with Crippen molar-refractivity contribution >= 4 is 5.69 Å². The second kappa shape index (κ2) is 4.98. The zero-order valence-corrected chi connectivity index (χ0v) is 9.18. The molecule has 0 spiro atoms. The molecule has 6 nitrogen and oxygen atoms in total. The van der Waals surface area contributed by atoms with E-state index in [1.54, 1.807) is 0 Å². The van der Waals surface area contributed by atoms with Crippen molar-refractivity contribution in [3.63, 3.8) is 0 Å². The first kappa shape index (κ1) is 10.9. The van der Waals surface area contributed by atoms with Crippen LogP contribution < -0.4 is 15.2 Å². The first-order chi connectivity index (χ1) is 7.81. The Labute approximate surface area is 93.7 Å². The van der Waals surface area contributed by atoms with Gasteiger partial charge in [0.1, 0.15) is 12.9 Å². The third-order valence-corrected chi connectivity index (χ3v) is 2.43. The van der Waals surface area contributed by atoms with E-state index < -0.39 is 0 Å². The molecular weight excluding hydrogens is 210 g/mol. The van der Waals surface area contributed by atoms with E-state index in [9.17, 15) is 0 Å². The van der Waals surface area contributed by atoms with Crippen molar-refractivity contribution in [3.8, 4) is 11.8 Å². The molecule has 1 atom stereocenters. The molecule has 1 fully saturated rings. The number of anilines is 1. The summed E-state index contributed by atoms with van der Waals surface area (Å²) in [5, 5.41) is 0. The third kappa shape index (κ3) is 2.33. The molecule has 0 radical (unpaired) electrons. The van der Waals surface area contributed by atoms with E-state index in [0.717, 1.165) is 19.4 Å². The summed E-state index contributed by atoms with van der Waals surface area (Å²) in [7, 11) is 1.50. The van der Waals surface area contributed by atoms with Crippen LogP contribution in [0.2, 0.25) is 0 Å². The van der Waals surface area contributed by atoms with Crippen molar-refractivity contribution < 1.29 is 14.2 Å². The second-order valence-electron chi connectivity index (χ2n) is 3.55. The molecule has 0 aromatic carbocycles. The van der Waals surface area contributed by atoms with Gasteiger partial charge in [-0.15, -0.1) is 0 Å². The van der Waals surface area contributed by atoms with Gasteiger partial charge in [0, 0.05) is 6.61 Å². The number of ether oxygens (including phenoxy) is 3. The van der Waals surface area contributed by atoms with Crippen LogP contribution in [-0.4, -0.2) is 36.4 Å². The van der Waals surface area contributed by atoms with E-state index in [0.29, 0.717) is 24.1 Å². The van der Waals surface area contributed by atoms with Gasteiger partial charge in [0.05, 0.1) is 13.2 Å². The van der Waals surface area contributed by atoms with Crippen LogP contribution in [-0.2, 0) is 4.74 Å². The van der Waals surface area contributed by atoms with Crippen LogP contribution in [0.15, 0.2) is 6.33 Å². The summed E-state index contributed by atoms with van der Waals surface area (Å²) in [5.41, 5.74) is 6.08. The van der Waals surface area contributed by atoms with Crippen LogP contribution in [0.5, 0.6) is 11.8 Å². The van der Waals surface area contributed by atoms with E-state index in [4.69, 9.17) is 19.9 Å². The number of nitrogens with two attached hydrogens (primary N) is 1. The number of hydrogen-bond acceptors (Lipinski definition) is 6. The van der Waals surface area contributed by atoms with Crippen LogP contribution in [0, 0.1) is 0 Å². The number of nitrogens with zero attached hydrogens (tertiary/aromatic N) is 2. The standard InChI is InChI=1S/C10H15N3O3/c1-14-9-8(11)10(13-6-12-9)16-5-7-3-2-4-15-7/h6-7H,2-5,11H2,1H3. The summed E-state index contributed by atoms with van der Waals surface area (Å²) < 4.78 is 15.9. The molecule has 0 amide bonds. The van der Waals surface area contributed by atoms with Gasteiger partial charge >= 0.3 is 0 Å². The lowest BCUT2D eigenvalue weighted by atomic mass is 10.2. The fourth-order valence-corrected chi connectivity index (χ4v) is 1.59. The van der Waals surface area contributed by atoms with E-state index >= 15 is 0 Å². The monoisotopic (exact) mass is 225 g/mol. The van der Waals surface area contributed by atoms with Crippen LogP contribution in [0.25, 0.3) is 0 Å². The highest BCUT2D eigenvalue weighted by molar-refractivity contribution is 5.55. The Bertz CT molecular complexity index is 353. The molecule has 16 heavy (non-hydrogen) atoms. The smallest absolute Gasteiger partial charge is 0.244 e. The lowest BCUT2D eigenvalue weighted by Gasteiger charge is -2.12. The molecule has 1 saturated heterocycles. The minimum atomic E-state index is 0.139. The van der Waals surface area contributed by atoms with Gasteiger partial charge in [-0.25, -0.2) is 0 Å². The third-order valence-electron chi connectivity index (χ3n) is 2.43. The molecule has 2 N–H and O–H groups in total. The summed E-state index contributed by atoms with van der Waals surface area (Å²) in [6, 6.07) is 0. The van der Waals surface area contributed by atoms with E-state index in [1.807, 2.05) is 0 Å². The molecule has 6 heteroatoms. The van der Waals surface area contributed by atoms with E-state index in [-0.39, 0.29) is 6.10 Å². The molecule has 1 aromatic heterocycles. The predicted molar refractivity (Wildman–Crippen MR) is 57.5 cm³/mol. The van der Waals surface area contributed by atoms with Gasteiger partial charge in [0.15, 0.2) is 5.69 Å². The zero-order valence-electron chi connectivity index (χ0n) is 9.18. The summed E-state index contributed by atoms with van der Waals surface area (Å²) in [4.78, 5) is 7.82. The van der Waals surface area contributed by atoms with Crippen molar-refractivity contribution in [3.05, 3.63) is 6.33 Å². The van der Waals surface area contributed by atoms with Crippen LogP contribution >= 0.6 is 0 Å². The first-order valence-corrected chi connectivity index (χ1v) is 5.20. The van der Waals surface area contributed by atoms with E-state index in [2.05, 4.69) is 9.97 Å². The molecular formula is C10H15N3O3. The predicted octanol–water partition coefficient (Wildman–Crippen LogP) is 0.625. The van der Waals surface area contributed by atoms with Gasteiger partial charge < -0.3 is 19.9 Å². The molecule has 88 valence electrons. The van der Waals surface area contributed by atoms with Gasteiger partial charge in [-0.2, -0.15) is 9.97 Å². The van der Waals surface area contributed by atoms with Gasteiger partial charge in [0.2, 0.25) is 11.8 Å². The number of hydrogen-bond donors (Lipinski definition) is 1. The van der Waals surface area contributed by atoms with Gasteiger partial charge in [-0.3, -0.25) is 0 Å². The minimum Gasteiger partial charge on any atom is -0.479 e. The SMILES string of the molecule is COc1ncnc(OCC2CCCO2)c1N. The average Bonchev–Trinajstić information content (AvgIpc) is 2.81. The number of rotatable bonds is 4. The Morgan fingerprint density at radius 3 is 3.00 bits per heavy atom. The molecule has 1 aliphatic heterocycles. The van der Waals surface area contributed by atoms with Gasteiger partial charge in [0.25, 0.3) is 0 Å². The molecule has 0 aliphatic carbocycles. The van der Waals surface area contributed by atoms with Crippen molar-refractivity contribution in [1.82, 2.24) is 9.97 Å². The van der Waals surface area contributed by atoms with Crippen LogP contribution in [0.1, 0.15) is 12.8 Å². The Morgan fingerprint density at radius 2 is 2.31 bits per heavy atom. The first-order valence-electron chi connectivity index (χ1n) is 5.20. The lowest BCUT2D eigenvalue weighted by molar-refractivity contribution is 0.0665. The van der Waals surface area contributed by atoms with Crippen molar-refractivity contribution in [1.29, 1.82) is 0 Å². The maximum absolute atomic E-state index is 5.76. The summed E-state index contributed by atoms with van der Waals surface area (Å²) >= 11 is 0. The zero-order chi connectivity index (χ0) is 11.4. The maximum Gasteiger partial charge on any atom is 0.244 e. The highest BCUT2D eigenvalue weighted by Gasteiger charge is 2.17. The lowest BCUT2D eigenvalue weighted by Crippen LogP contribution is -2.17. The molecule has 0 bridgehead atoms. The summed E-state index contributed by atoms with van der Waals surface area (Å²) in [6.07, 6.45) is 3.60. The normalized spacial score (nSPS) is 19.7. The Hall–Kier alpha value is -1.56. The quantitative estimate of drug-likeness (QED) is 0.809. The molecule has 1 unspecified atom stereocenters. The highest BCUT2D eigenvalue weighted by Crippen LogP contribution is 2.26. The molecule has 0 saturated carbocycles. The van der Waals surface area contributed by atoms with Crippen molar-refractivity contribution in [2.75, 3.05) is 26.1 Å². The molecule has 1 aliphatic rings. The van der Waals surface area contributed by atoms with Gasteiger partial charge in [-0.05, 0) is 12.8 Å². The largest absolute Gasteiger partial charge is 0.479 e. The number of nitrogen functional groups attached to an aromatic ring is 1. The summed E-state index contributed by atoms with van der Waals surface area (Å²) in [5.74, 6) is 0.680. The van der Waals surface area contributed by atoms with Crippen LogP contribution in [0.3, 0.4) is 0 Å². The van der Waals surface area contributed by atoms with Crippen molar-refractivity contribution in [2.45, 2.75) is 18.9 Å². The van der Waals surface area contributed by atoms with Gasteiger partial charge in [-0.1, -0.05) is 0 Å². The maximum atomic E-state index is 5.76.